The maximum absolute atomic E-state index is 3.95. The second-order valence-electron chi connectivity index (χ2n) is 9.63. The van der Waals surface area contributed by atoms with E-state index in [-0.39, 0.29) is 16.4 Å². The molecule has 1 heterocycles. The average molecular weight is 300 g/mol. The van der Waals surface area contributed by atoms with Crippen LogP contribution in [0.25, 0.3) is 0 Å². The SMILES string of the molecule is CC(C)(C)c1ccc2c(c1)C(C)(C)C1(C)CCCCC1(C)N2. The first-order chi connectivity index (χ1) is 10.0. The van der Waals surface area contributed by atoms with Gasteiger partial charge in [-0.1, -0.05) is 66.5 Å². The zero-order valence-electron chi connectivity index (χ0n) is 15.6. The summed E-state index contributed by atoms with van der Waals surface area (Å²) in [5, 5.41) is 3.95. The standard InChI is InChI=1S/C21H33N/c1-18(2,3)15-10-11-17-16(14-15)19(4,5)20(6)12-8-9-13-21(20,7)22-17/h10-11,14,22H,8-9,12-13H2,1-7H3. The molecule has 3 rings (SSSR count). The van der Waals surface area contributed by atoms with E-state index in [1.54, 1.807) is 0 Å². The summed E-state index contributed by atoms with van der Waals surface area (Å²) in [7, 11) is 0. The maximum atomic E-state index is 3.95. The van der Waals surface area contributed by atoms with E-state index < -0.39 is 0 Å². The molecule has 1 aliphatic heterocycles. The number of benzene rings is 1. The summed E-state index contributed by atoms with van der Waals surface area (Å²) >= 11 is 0. The van der Waals surface area contributed by atoms with Crippen molar-refractivity contribution < 1.29 is 0 Å². The van der Waals surface area contributed by atoms with Gasteiger partial charge >= 0.3 is 0 Å². The molecule has 122 valence electrons. The van der Waals surface area contributed by atoms with Gasteiger partial charge in [-0.3, -0.25) is 0 Å². The van der Waals surface area contributed by atoms with Crippen molar-refractivity contribution in [2.75, 3.05) is 5.32 Å². The molecule has 2 aliphatic rings. The molecule has 1 aromatic carbocycles. The topological polar surface area (TPSA) is 12.0 Å². The van der Waals surface area contributed by atoms with Gasteiger partial charge in [-0.25, -0.2) is 0 Å². The van der Waals surface area contributed by atoms with Crippen molar-refractivity contribution in [1.29, 1.82) is 0 Å². The molecule has 2 unspecified atom stereocenters. The van der Waals surface area contributed by atoms with Crippen LogP contribution in [0.4, 0.5) is 5.69 Å². The summed E-state index contributed by atoms with van der Waals surface area (Å²) < 4.78 is 0. The van der Waals surface area contributed by atoms with Crippen LogP contribution in [0.5, 0.6) is 0 Å². The highest BCUT2D eigenvalue weighted by Gasteiger charge is 2.58. The van der Waals surface area contributed by atoms with Crippen LogP contribution >= 0.6 is 0 Å². The smallest absolute Gasteiger partial charge is 0.0407 e. The van der Waals surface area contributed by atoms with Gasteiger partial charge in [0, 0.05) is 11.2 Å². The lowest BCUT2D eigenvalue weighted by molar-refractivity contribution is 0.0249. The number of hydrogen-bond donors (Lipinski definition) is 1. The van der Waals surface area contributed by atoms with Gasteiger partial charge < -0.3 is 5.32 Å². The Morgan fingerprint density at radius 3 is 2.23 bits per heavy atom. The van der Waals surface area contributed by atoms with Crippen LogP contribution in [0.2, 0.25) is 0 Å². The number of rotatable bonds is 0. The van der Waals surface area contributed by atoms with Crippen LogP contribution in [0.15, 0.2) is 18.2 Å². The molecule has 1 nitrogen and oxygen atoms in total. The average Bonchev–Trinajstić information content (AvgIpc) is 2.40. The normalized spacial score (nSPS) is 33.6. The van der Waals surface area contributed by atoms with Crippen molar-refractivity contribution in [3.8, 4) is 0 Å². The predicted octanol–water partition coefficient (Wildman–Crippen LogP) is 6.03. The number of anilines is 1. The molecule has 1 fully saturated rings. The van der Waals surface area contributed by atoms with Crippen LogP contribution in [-0.2, 0) is 10.8 Å². The summed E-state index contributed by atoms with van der Waals surface area (Å²) in [6.45, 7) is 16.9. The van der Waals surface area contributed by atoms with Gasteiger partial charge in [-0.15, -0.1) is 0 Å². The highest BCUT2D eigenvalue weighted by molar-refractivity contribution is 5.62. The largest absolute Gasteiger partial charge is 0.379 e. The third-order valence-electron chi connectivity index (χ3n) is 7.17. The first-order valence-electron chi connectivity index (χ1n) is 8.95. The summed E-state index contributed by atoms with van der Waals surface area (Å²) in [5.41, 5.74) is 5.25. The highest BCUT2D eigenvalue weighted by Crippen LogP contribution is 2.61. The molecule has 2 atom stereocenters. The number of fused-ring (bicyclic) bond motifs is 2. The zero-order valence-corrected chi connectivity index (χ0v) is 15.6. The lowest BCUT2D eigenvalue weighted by Gasteiger charge is -2.62. The highest BCUT2D eigenvalue weighted by atomic mass is 15.0. The van der Waals surface area contributed by atoms with Crippen molar-refractivity contribution >= 4 is 5.69 Å². The van der Waals surface area contributed by atoms with Gasteiger partial charge in [-0.2, -0.15) is 0 Å². The van der Waals surface area contributed by atoms with Gasteiger partial charge in [-0.05, 0) is 53.2 Å². The van der Waals surface area contributed by atoms with E-state index in [1.165, 1.54) is 42.5 Å². The van der Waals surface area contributed by atoms with Gasteiger partial charge in [0.05, 0.1) is 0 Å². The zero-order chi connectivity index (χ0) is 16.4. The summed E-state index contributed by atoms with van der Waals surface area (Å²) in [5.74, 6) is 0. The van der Waals surface area contributed by atoms with Crippen molar-refractivity contribution in [2.24, 2.45) is 5.41 Å². The Balaban J connectivity index is 2.19. The van der Waals surface area contributed by atoms with E-state index in [0.717, 1.165) is 0 Å². The third kappa shape index (κ3) is 1.97. The van der Waals surface area contributed by atoms with Gasteiger partial charge in [0.25, 0.3) is 0 Å². The molecule has 0 saturated heterocycles. The molecular formula is C21H33N. The molecule has 0 spiro atoms. The van der Waals surface area contributed by atoms with Crippen LogP contribution < -0.4 is 5.32 Å². The first kappa shape index (κ1) is 15.9. The Kier molecular flexibility index (Phi) is 3.27. The lowest BCUT2D eigenvalue weighted by Crippen LogP contribution is -2.63. The fourth-order valence-electron chi connectivity index (χ4n) is 4.94. The minimum absolute atomic E-state index is 0.198. The first-order valence-corrected chi connectivity index (χ1v) is 8.95. The molecule has 1 saturated carbocycles. The Bertz CT molecular complexity index is 592. The molecule has 1 aliphatic carbocycles. The van der Waals surface area contributed by atoms with Crippen molar-refractivity contribution in [2.45, 2.75) is 90.5 Å². The van der Waals surface area contributed by atoms with E-state index >= 15 is 0 Å². The van der Waals surface area contributed by atoms with Crippen molar-refractivity contribution in [1.82, 2.24) is 0 Å². The Morgan fingerprint density at radius 2 is 1.59 bits per heavy atom. The van der Waals surface area contributed by atoms with Gasteiger partial charge in [0.15, 0.2) is 0 Å². The molecule has 0 bridgehead atoms. The molecule has 1 heteroatoms. The number of nitrogens with one attached hydrogen (secondary N) is 1. The monoisotopic (exact) mass is 299 g/mol. The molecule has 0 aromatic heterocycles. The van der Waals surface area contributed by atoms with Gasteiger partial charge in [0.1, 0.15) is 0 Å². The predicted molar refractivity (Wildman–Crippen MR) is 96.8 cm³/mol. The second-order valence-corrected chi connectivity index (χ2v) is 9.63. The lowest BCUT2D eigenvalue weighted by atomic mass is 9.47. The van der Waals surface area contributed by atoms with Gasteiger partial charge in [0.2, 0.25) is 0 Å². The van der Waals surface area contributed by atoms with E-state index in [1.807, 2.05) is 0 Å². The quantitative estimate of drug-likeness (QED) is 0.617. The molecule has 0 amide bonds. The molecule has 0 radical (unpaired) electrons. The van der Waals surface area contributed by atoms with Crippen LogP contribution in [0, 0.1) is 5.41 Å². The van der Waals surface area contributed by atoms with Crippen LogP contribution in [-0.4, -0.2) is 5.54 Å². The summed E-state index contributed by atoms with van der Waals surface area (Å²) in [6.07, 6.45) is 5.33. The maximum Gasteiger partial charge on any atom is 0.0407 e. The number of hydrogen-bond acceptors (Lipinski definition) is 1. The summed E-state index contributed by atoms with van der Waals surface area (Å²) in [4.78, 5) is 0. The van der Waals surface area contributed by atoms with Crippen molar-refractivity contribution in [3.63, 3.8) is 0 Å². The van der Waals surface area contributed by atoms with E-state index in [2.05, 4.69) is 72.0 Å². The van der Waals surface area contributed by atoms with Crippen molar-refractivity contribution in [3.05, 3.63) is 29.3 Å². The fourth-order valence-corrected chi connectivity index (χ4v) is 4.94. The second kappa shape index (κ2) is 4.52. The fraction of sp³-hybridized carbons (Fsp3) is 0.714. The van der Waals surface area contributed by atoms with E-state index in [4.69, 9.17) is 0 Å². The Labute approximate surface area is 136 Å². The Hall–Kier alpha value is -0.980. The minimum Gasteiger partial charge on any atom is -0.379 e. The molecule has 22 heavy (non-hydrogen) atoms. The molecule has 1 aromatic rings. The van der Waals surface area contributed by atoms with Crippen LogP contribution in [0.1, 0.15) is 85.3 Å². The summed E-state index contributed by atoms with van der Waals surface area (Å²) in [6, 6.07) is 7.12. The van der Waals surface area contributed by atoms with E-state index in [0.29, 0.717) is 5.41 Å². The Morgan fingerprint density at radius 1 is 0.955 bits per heavy atom. The van der Waals surface area contributed by atoms with Crippen LogP contribution in [0.3, 0.4) is 0 Å². The molecular weight excluding hydrogens is 266 g/mol. The third-order valence-corrected chi connectivity index (χ3v) is 7.17. The van der Waals surface area contributed by atoms with E-state index in [9.17, 15) is 0 Å². The minimum atomic E-state index is 0.198. The molecule has 1 N–H and O–H groups in total.